The Morgan fingerprint density at radius 2 is 2.19 bits per heavy atom. The standard InChI is InChI=1S/C12H16N4/c1-9-4-3-5-12(14-9)11(13)8-10-6-7-16(2)15-10/h3-7,11H,8,13H2,1-2H3. The van der Waals surface area contributed by atoms with Gasteiger partial charge in [-0.1, -0.05) is 6.07 Å². The summed E-state index contributed by atoms with van der Waals surface area (Å²) in [6.45, 7) is 1.97. The van der Waals surface area contributed by atoms with Crippen molar-refractivity contribution in [3.63, 3.8) is 0 Å². The van der Waals surface area contributed by atoms with E-state index < -0.39 is 0 Å². The summed E-state index contributed by atoms with van der Waals surface area (Å²) in [4.78, 5) is 4.42. The van der Waals surface area contributed by atoms with E-state index in [1.165, 1.54) is 0 Å². The molecule has 2 N–H and O–H groups in total. The molecular formula is C12H16N4. The largest absolute Gasteiger partial charge is 0.322 e. The van der Waals surface area contributed by atoms with E-state index in [2.05, 4.69) is 10.1 Å². The molecule has 4 heteroatoms. The number of rotatable bonds is 3. The van der Waals surface area contributed by atoms with Gasteiger partial charge in [0.2, 0.25) is 0 Å². The molecule has 2 aromatic heterocycles. The van der Waals surface area contributed by atoms with Crippen LogP contribution >= 0.6 is 0 Å². The van der Waals surface area contributed by atoms with Crippen LogP contribution in [-0.2, 0) is 13.5 Å². The Balaban J connectivity index is 2.11. The Hall–Kier alpha value is -1.68. The number of hydrogen-bond acceptors (Lipinski definition) is 3. The van der Waals surface area contributed by atoms with Crippen LogP contribution in [0.25, 0.3) is 0 Å². The Labute approximate surface area is 95.1 Å². The zero-order chi connectivity index (χ0) is 11.5. The number of aryl methyl sites for hydroxylation is 2. The lowest BCUT2D eigenvalue weighted by atomic mass is 10.1. The first kappa shape index (κ1) is 10.8. The van der Waals surface area contributed by atoms with Crippen LogP contribution in [0.15, 0.2) is 30.5 Å². The molecule has 0 spiro atoms. The highest BCUT2D eigenvalue weighted by Gasteiger charge is 2.10. The third-order valence-electron chi connectivity index (χ3n) is 2.49. The van der Waals surface area contributed by atoms with Crippen molar-refractivity contribution in [2.75, 3.05) is 0 Å². The van der Waals surface area contributed by atoms with Crippen LogP contribution in [0, 0.1) is 6.92 Å². The van der Waals surface area contributed by atoms with E-state index in [9.17, 15) is 0 Å². The van der Waals surface area contributed by atoms with Gasteiger partial charge < -0.3 is 5.73 Å². The highest BCUT2D eigenvalue weighted by Crippen LogP contribution is 2.12. The average molecular weight is 216 g/mol. The summed E-state index contributed by atoms with van der Waals surface area (Å²) in [7, 11) is 1.90. The first-order valence-electron chi connectivity index (χ1n) is 5.33. The number of aromatic nitrogens is 3. The molecule has 1 unspecified atom stereocenters. The zero-order valence-electron chi connectivity index (χ0n) is 9.59. The Morgan fingerprint density at radius 1 is 1.38 bits per heavy atom. The average Bonchev–Trinajstić information content (AvgIpc) is 2.64. The van der Waals surface area contributed by atoms with Crippen molar-refractivity contribution < 1.29 is 0 Å². The quantitative estimate of drug-likeness (QED) is 0.843. The van der Waals surface area contributed by atoms with Gasteiger partial charge in [0, 0.05) is 25.4 Å². The van der Waals surface area contributed by atoms with Crippen molar-refractivity contribution in [3.05, 3.63) is 47.5 Å². The van der Waals surface area contributed by atoms with E-state index in [1.807, 2.05) is 44.4 Å². The number of nitrogens with zero attached hydrogens (tertiary/aromatic N) is 3. The SMILES string of the molecule is Cc1cccc(C(N)Cc2ccn(C)n2)n1. The summed E-state index contributed by atoms with van der Waals surface area (Å²) in [6.07, 6.45) is 2.64. The van der Waals surface area contributed by atoms with Gasteiger partial charge in [-0.2, -0.15) is 5.10 Å². The summed E-state index contributed by atoms with van der Waals surface area (Å²) in [5, 5.41) is 4.31. The highest BCUT2D eigenvalue weighted by atomic mass is 15.2. The van der Waals surface area contributed by atoms with Crippen LogP contribution in [-0.4, -0.2) is 14.8 Å². The van der Waals surface area contributed by atoms with Gasteiger partial charge in [-0.25, -0.2) is 0 Å². The molecular weight excluding hydrogens is 200 g/mol. The van der Waals surface area contributed by atoms with E-state index in [-0.39, 0.29) is 6.04 Å². The van der Waals surface area contributed by atoms with Gasteiger partial charge >= 0.3 is 0 Å². The Bertz CT molecular complexity index is 475. The van der Waals surface area contributed by atoms with Crippen molar-refractivity contribution in [3.8, 4) is 0 Å². The summed E-state index contributed by atoms with van der Waals surface area (Å²) in [5.41, 5.74) is 9.01. The van der Waals surface area contributed by atoms with Crippen molar-refractivity contribution in [1.29, 1.82) is 0 Å². The number of nitrogens with two attached hydrogens (primary N) is 1. The predicted molar refractivity (Wildman–Crippen MR) is 62.8 cm³/mol. The molecule has 2 rings (SSSR count). The fraction of sp³-hybridized carbons (Fsp3) is 0.333. The fourth-order valence-electron chi connectivity index (χ4n) is 1.67. The lowest BCUT2D eigenvalue weighted by molar-refractivity contribution is 0.658. The molecule has 2 heterocycles. The predicted octanol–water partition coefficient (Wildman–Crippen LogP) is 1.37. The van der Waals surface area contributed by atoms with Gasteiger partial charge in [-0.3, -0.25) is 9.67 Å². The fourth-order valence-corrected chi connectivity index (χ4v) is 1.67. The molecule has 2 aromatic rings. The molecule has 0 aliphatic heterocycles. The number of pyridine rings is 1. The summed E-state index contributed by atoms with van der Waals surface area (Å²) < 4.78 is 1.78. The minimum Gasteiger partial charge on any atom is -0.322 e. The second-order valence-electron chi connectivity index (χ2n) is 4.00. The van der Waals surface area contributed by atoms with Crippen LogP contribution in [0.4, 0.5) is 0 Å². The lowest BCUT2D eigenvalue weighted by Crippen LogP contribution is -2.15. The molecule has 0 fully saturated rings. The van der Waals surface area contributed by atoms with Crippen LogP contribution in [0.1, 0.15) is 23.1 Å². The first-order chi connectivity index (χ1) is 7.65. The van der Waals surface area contributed by atoms with E-state index in [4.69, 9.17) is 5.73 Å². The molecule has 0 saturated carbocycles. The molecule has 0 aromatic carbocycles. The van der Waals surface area contributed by atoms with Crippen molar-refractivity contribution in [2.24, 2.45) is 12.8 Å². The van der Waals surface area contributed by atoms with Gasteiger partial charge in [0.15, 0.2) is 0 Å². The molecule has 0 bridgehead atoms. The number of hydrogen-bond donors (Lipinski definition) is 1. The maximum Gasteiger partial charge on any atom is 0.0643 e. The van der Waals surface area contributed by atoms with E-state index in [1.54, 1.807) is 4.68 Å². The molecule has 0 amide bonds. The Kier molecular flexibility index (Phi) is 3.01. The second-order valence-corrected chi connectivity index (χ2v) is 4.00. The summed E-state index contributed by atoms with van der Waals surface area (Å²) in [5.74, 6) is 0. The monoisotopic (exact) mass is 216 g/mol. The molecule has 0 radical (unpaired) electrons. The summed E-state index contributed by atoms with van der Waals surface area (Å²) >= 11 is 0. The van der Waals surface area contributed by atoms with Crippen LogP contribution < -0.4 is 5.73 Å². The van der Waals surface area contributed by atoms with Crippen molar-refractivity contribution in [2.45, 2.75) is 19.4 Å². The molecule has 1 atom stereocenters. The minimum absolute atomic E-state index is 0.0881. The molecule has 0 saturated heterocycles. The normalized spacial score (nSPS) is 12.7. The molecule has 4 nitrogen and oxygen atoms in total. The van der Waals surface area contributed by atoms with Crippen molar-refractivity contribution >= 4 is 0 Å². The highest BCUT2D eigenvalue weighted by molar-refractivity contribution is 5.15. The minimum atomic E-state index is -0.0881. The van der Waals surface area contributed by atoms with Gasteiger partial charge in [0.05, 0.1) is 17.4 Å². The van der Waals surface area contributed by atoms with Crippen LogP contribution in [0.3, 0.4) is 0 Å². The van der Waals surface area contributed by atoms with Gasteiger partial charge in [-0.15, -0.1) is 0 Å². The van der Waals surface area contributed by atoms with E-state index >= 15 is 0 Å². The second kappa shape index (κ2) is 4.45. The summed E-state index contributed by atoms with van der Waals surface area (Å²) in [6, 6.07) is 7.80. The van der Waals surface area contributed by atoms with Gasteiger partial charge in [-0.05, 0) is 25.1 Å². The third-order valence-corrected chi connectivity index (χ3v) is 2.49. The van der Waals surface area contributed by atoms with Crippen molar-refractivity contribution in [1.82, 2.24) is 14.8 Å². The molecule has 84 valence electrons. The maximum atomic E-state index is 6.09. The topological polar surface area (TPSA) is 56.7 Å². The van der Waals surface area contributed by atoms with Crippen LogP contribution in [0.2, 0.25) is 0 Å². The molecule has 0 aliphatic carbocycles. The van der Waals surface area contributed by atoms with Gasteiger partial charge in [0.25, 0.3) is 0 Å². The molecule has 0 aliphatic rings. The third kappa shape index (κ3) is 2.46. The smallest absolute Gasteiger partial charge is 0.0643 e. The maximum absolute atomic E-state index is 6.09. The van der Waals surface area contributed by atoms with Crippen LogP contribution in [0.5, 0.6) is 0 Å². The van der Waals surface area contributed by atoms with Gasteiger partial charge in [0.1, 0.15) is 0 Å². The first-order valence-corrected chi connectivity index (χ1v) is 5.33. The molecule has 16 heavy (non-hydrogen) atoms. The van der Waals surface area contributed by atoms with E-state index in [0.717, 1.165) is 23.5 Å². The lowest BCUT2D eigenvalue weighted by Gasteiger charge is -2.09. The Morgan fingerprint density at radius 3 is 2.81 bits per heavy atom. The van der Waals surface area contributed by atoms with E-state index in [0.29, 0.717) is 0 Å². The zero-order valence-corrected chi connectivity index (χ0v) is 9.59.